The van der Waals surface area contributed by atoms with Gasteiger partial charge in [0.1, 0.15) is 5.75 Å². The highest BCUT2D eigenvalue weighted by Crippen LogP contribution is 2.33. The lowest BCUT2D eigenvalue weighted by atomic mass is 9.84. The molecular formula is C27H35NO4S. The number of nitrogens with zero attached hydrogens (tertiary/aromatic N) is 1. The minimum absolute atomic E-state index is 0.0105. The average molecular weight is 470 g/mol. The summed E-state index contributed by atoms with van der Waals surface area (Å²) in [4.78, 5) is 28.1. The summed E-state index contributed by atoms with van der Waals surface area (Å²) in [6.07, 6.45) is 3.84. The molecule has 0 aliphatic carbocycles. The molecule has 0 bridgehead atoms. The first-order chi connectivity index (χ1) is 15.5. The number of ether oxygens (including phenoxy) is 1. The molecule has 3 rings (SSSR count). The summed E-state index contributed by atoms with van der Waals surface area (Å²) >= 11 is 1.68. The summed E-state index contributed by atoms with van der Waals surface area (Å²) in [6.45, 7) is 8.75. The van der Waals surface area contributed by atoms with Crippen LogP contribution in [-0.2, 0) is 11.2 Å². The monoisotopic (exact) mass is 469 g/mol. The number of likely N-dealkylation sites (tertiary alicyclic amines) is 1. The third kappa shape index (κ3) is 5.98. The lowest BCUT2D eigenvalue weighted by Gasteiger charge is -2.25. The highest BCUT2D eigenvalue weighted by atomic mass is 32.2. The fourth-order valence-corrected chi connectivity index (χ4v) is 5.05. The van der Waals surface area contributed by atoms with Crippen LogP contribution in [0.5, 0.6) is 5.75 Å². The third-order valence-corrected chi connectivity index (χ3v) is 7.27. The van der Waals surface area contributed by atoms with Gasteiger partial charge in [0.05, 0.1) is 0 Å². The standard InChI is InChI=1S/C27H35NO4S/c1-17-13-19(14-18(2)25(17)32-27(3,4)26(30)31)7-8-21-15-28(5)16-23(21)24(29)20-9-11-22(33-6)12-10-20/h9-14,21,23H,7-8,15-16H2,1-6H3,(H,30,31)/t21-,23-/m1/s1. The first kappa shape index (κ1) is 25.3. The van der Waals surface area contributed by atoms with Gasteiger partial charge >= 0.3 is 5.97 Å². The van der Waals surface area contributed by atoms with E-state index in [1.54, 1.807) is 25.6 Å². The summed E-state index contributed by atoms with van der Waals surface area (Å²) in [7, 11) is 2.09. The van der Waals surface area contributed by atoms with Crippen molar-refractivity contribution in [3.05, 3.63) is 58.7 Å². The predicted octanol–water partition coefficient (Wildman–Crippen LogP) is 5.26. The van der Waals surface area contributed by atoms with Crippen LogP contribution in [0.4, 0.5) is 0 Å². The van der Waals surface area contributed by atoms with Crippen molar-refractivity contribution in [3.63, 3.8) is 0 Å². The maximum atomic E-state index is 13.3. The summed E-state index contributed by atoms with van der Waals surface area (Å²) < 4.78 is 5.83. The molecule has 1 aliphatic rings. The molecule has 0 saturated carbocycles. The minimum Gasteiger partial charge on any atom is -0.478 e. The van der Waals surface area contributed by atoms with Crippen molar-refractivity contribution in [2.24, 2.45) is 11.8 Å². The van der Waals surface area contributed by atoms with Crippen LogP contribution in [0, 0.1) is 25.7 Å². The van der Waals surface area contributed by atoms with Gasteiger partial charge in [0.15, 0.2) is 11.4 Å². The first-order valence-corrected chi connectivity index (χ1v) is 12.6. The Bertz CT molecular complexity index is 992. The highest BCUT2D eigenvalue weighted by molar-refractivity contribution is 7.98. The molecule has 2 aromatic rings. The smallest absolute Gasteiger partial charge is 0.347 e. The predicted molar refractivity (Wildman–Crippen MR) is 134 cm³/mol. The van der Waals surface area contributed by atoms with E-state index in [1.807, 2.05) is 44.4 Å². The largest absolute Gasteiger partial charge is 0.478 e. The zero-order valence-corrected chi connectivity index (χ0v) is 21.3. The molecule has 33 heavy (non-hydrogen) atoms. The van der Waals surface area contributed by atoms with Crippen molar-refractivity contribution in [1.29, 1.82) is 0 Å². The Balaban J connectivity index is 1.71. The van der Waals surface area contributed by atoms with Crippen LogP contribution in [0.1, 0.15) is 47.3 Å². The maximum Gasteiger partial charge on any atom is 0.347 e. The number of thioether (sulfide) groups is 1. The van der Waals surface area contributed by atoms with Crippen LogP contribution in [0.3, 0.4) is 0 Å². The van der Waals surface area contributed by atoms with E-state index in [0.29, 0.717) is 11.7 Å². The molecule has 0 aromatic heterocycles. The Kier molecular flexibility index (Phi) is 7.91. The van der Waals surface area contributed by atoms with E-state index >= 15 is 0 Å². The van der Waals surface area contributed by atoms with Gasteiger partial charge in [-0.25, -0.2) is 4.79 Å². The molecule has 1 aliphatic heterocycles. The van der Waals surface area contributed by atoms with E-state index in [-0.39, 0.29) is 11.7 Å². The Hall–Kier alpha value is -2.31. The Morgan fingerprint density at radius 1 is 1.12 bits per heavy atom. The van der Waals surface area contributed by atoms with Gasteiger partial charge in [-0.2, -0.15) is 0 Å². The number of benzene rings is 2. The molecule has 0 radical (unpaired) electrons. The molecule has 1 N–H and O–H groups in total. The Labute approximate surface area is 201 Å². The zero-order valence-electron chi connectivity index (χ0n) is 20.5. The number of carboxylic acids is 1. The van der Waals surface area contributed by atoms with E-state index in [2.05, 4.69) is 24.1 Å². The SMILES string of the molecule is CSc1ccc(C(=O)[C@@H]2CN(C)C[C@H]2CCc2cc(C)c(OC(C)(C)C(=O)O)c(C)c2)cc1. The first-order valence-electron chi connectivity index (χ1n) is 11.4. The fourth-order valence-electron chi connectivity index (χ4n) is 4.64. The molecule has 1 heterocycles. The van der Waals surface area contributed by atoms with Gasteiger partial charge in [-0.1, -0.05) is 24.3 Å². The normalized spacial score (nSPS) is 19.0. The number of hydrogen-bond donors (Lipinski definition) is 1. The molecule has 6 heteroatoms. The molecule has 0 spiro atoms. The summed E-state index contributed by atoms with van der Waals surface area (Å²) in [5.74, 6) is 0.202. The molecule has 178 valence electrons. The molecule has 2 atom stereocenters. The van der Waals surface area contributed by atoms with Gasteiger partial charge < -0.3 is 14.7 Å². The van der Waals surface area contributed by atoms with Gasteiger partial charge in [0.25, 0.3) is 0 Å². The van der Waals surface area contributed by atoms with E-state index in [9.17, 15) is 14.7 Å². The van der Waals surface area contributed by atoms with E-state index < -0.39 is 11.6 Å². The van der Waals surface area contributed by atoms with Crippen LogP contribution in [0.2, 0.25) is 0 Å². The van der Waals surface area contributed by atoms with Gasteiger partial charge in [-0.15, -0.1) is 11.8 Å². The van der Waals surface area contributed by atoms with Crippen molar-refractivity contribution in [2.45, 2.75) is 51.0 Å². The minimum atomic E-state index is -1.28. The number of hydrogen-bond acceptors (Lipinski definition) is 5. The van der Waals surface area contributed by atoms with Crippen molar-refractivity contribution in [2.75, 3.05) is 26.4 Å². The molecule has 1 saturated heterocycles. The van der Waals surface area contributed by atoms with Crippen LogP contribution in [0.25, 0.3) is 0 Å². The number of carbonyl (C=O) groups excluding carboxylic acids is 1. The molecule has 0 unspecified atom stereocenters. The Morgan fingerprint density at radius 2 is 1.73 bits per heavy atom. The molecule has 0 amide bonds. The molecule has 1 fully saturated rings. The summed E-state index contributed by atoms with van der Waals surface area (Å²) in [6, 6.07) is 12.1. The second-order valence-electron chi connectivity index (χ2n) is 9.70. The van der Waals surface area contributed by atoms with Crippen LogP contribution >= 0.6 is 11.8 Å². The van der Waals surface area contributed by atoms with Crippen molar-refractivity contribution >= 4 is 23.5 Å². The quantitative estimate of drug-likeness (QED) is 0.399. The second kappa shape index (κ2) is 10.3. The highest BCUT2D eigenvalue weighted by Gasteiger charge is 2.36. The van der Waals surface area contributed by atoms with Gasteiger partial charge in [0.2, 0.25) is 0 Å². The number of carboxylic acid groups (broad SMARTS) is 1. The molecular weight excluding hydrogens is 434 g/mol. The number of rotatable bonds is 9. The second-order valence-corrected chi connectivity index (χ2v) is 10.6. The van der Waals surface area contributed by atoms with Crippen molar-refractivity contribution in [3.8, 4) is 5.75 Å². The number of carbonyl (C=O) groups is 2. The van der Waals surface area contributed by atoms with Gasteiger partial charge in [-0.05, 0) is 88.6 Å². The van der Waals surface area contributed by atoms with Crippen molar-refractivity contribution < 1.29 is 19.4 Å². The van der Waals surface area contributed by atoms with Gasteiger partial charge in [-0.3, -0.25) is 4.79 Å². The fraction of sp³-hybridized carbons (Fsp3) is 0.481. The average Bonchev–Trinajstić information content (AvgIpc) is 3.14. The topological polar surface area (TPSA) is 66.8 Å². The van der Waals surface area contributed by atoms with Crippen LogP contribution in [-0.4, -0.2) is 53.8 Å². The number of Topliss-reactive ketones (excluding diaryl/α,β-unsaturated/α-hetero) is 1. The zero-order chi connectivity index (χ0) is 24.3. The summed E-state index contributed by atoms with van der Waals surface area (Å²) in [5.41, 5.74) is 2.57. The lowest BCUT2D eigenvalue weighted by Crippen LogP contribution is -2.38. The number of ketones is 1. The van der Waals surface area contributed by atoms with E-state index in [0.717, 1.165) is 47.5 Å². The maximum absolute atomic E-state index is 13.3. The summed E-state index contributed by atoms with van der Waals surface area (Å²) in [5, 5.41) is 9.39. The van der Waals surface area contributed by atoms with Crippen molar-refractivity contribution in [1.82, 2.24) is 4.90 Å². The number of aliphatic carboxylic acids is 1. The third-order valence-electron chi connectivity index (χ3n) is 6.53. The van der Waals surface area contributed by atoms with E-state index in [1.165, 1.54) is 5.56 Å². The Morgan fingerprint density at radius 3 is 2.27 bits per heavy atom. The molecule has 2 aromatic carbocycles. The van der Waals surface area contributed by atoms with Crippen LogP contribution < -0.4 is 4.74 Å². The number of aryl methyl sites for hydroxylation is 3. The van der Waals surface area contributed by atoms with Crippen LogP contribution in [0.15, 0.2) is 41.3 Å². The van der Waals surface area contributed by atoms with Gasteiger partial charge in [0, 0.05) is 29.5 Å². The van der Waals surface area contributed by atoms with E-state index in [4.69, 9.17) is 4.74 Å². The lowest BCUT2D eigenvalue weighted by molar-refractivity contribution is -0.152. The molecule has 5 nitrogen and oxygen atoms in total.